The molecule has 0 spiro atoms. The summed E-state index contributed by atoms with van der Waals surface area (Å²) >= 11 is 0. The van der Waals surface area contributed by atoms with Crippen molar-refractivity contribution in [2.75, 3.05) is 27.2 Å². The highest BCUT2D eigenvalue weighted by atomic mass is 35.5. The number of rotatable bonds is 3. The van der Waals surface area contributed by atoms with Crippen LogP contribution in [0.25, 0.3) is 0 Å². The van der Waals surface area contributed by atoms with Crippen molar-refractivity contribution < 1.29 is 4.79 Å². The van der Waals surface area contributed by atoms with Crippen molar-refractivity contribution in [1.29, 1.82) is 0 Å². The summed E-state index contributed by atoms with van der Waals surface area (Å²) in [4.78, 5) is 17.2. The van der Waals surface area contributed by atoms with Gasteiger partial charge >= 0.3 is 0 Å². The fraction of sp³-hybridized carbons (Fsp3) is 0.611. The van der Waals surface area contributed by atoms with Gasteiger partial charge in [0.25, 0.3) is 0 Å². The van der Waals surface area contributed by atoms with Crippen LogP contribution in [-0.4, -0.2) is 48.9 Å². The normalized spacial score (nSPS) is 26.5. The maximum absolute atomic E-state index is 13.1. The molecule has 1 amide bonds. The Bertz CT molecular complexity index is 553. The van der Waals surface area contributed by atoms with E-state index in [-0.39, 0.29) is 36.8 Å². The molecule has 6 heteroatoms. The van der Waals surface area contributed by atoms with E-state index in [1.807, 2.05) is 25.1 Å². The van der Waals surface area contributed by atoms with E-state index in [4.69, 9.17) is 5.73 Å². The van der Waals surface area contributed by atoms with Gasteiger partial charge in [0.1, 0.15) is 6.04 Å². The first-order valence-corrected chi connectivity index (χ1v) is 8.24. The van der Waals surface area contributed by atoms with Gasteiger partial charge in [-0.1, -0.05) is 29.8 Å². The molecule has 4 nitrogen and oxygen atoms in total. The van der Waals surface area contributed by atoms with Crippen molar-refractivity contribution in [2.24, 2.45) is 17.6 Å². The molecule has 1 aliphatic heterocycles. The number of hydrogen-bond donors (Lipinski definition) is 1. The number of likely N-dealkylation sites (N-methyl/N-ethyl adjacent to an activating group) is 1. The van der Waals surface area contributed by atoms with Gasteiger partial charge in [-0.3, -0.25) is 9.69 Å². The third-order valence-electron chi connectivity index (χ3n) is 5.33. The van der Waals surface area contributed by atoms with Crippen molar-refractivity contribution >= 4 is 30.7 Å². The van der Waals surface area contributed by atoms with Crippen LogP contribution >= 0.6 is 24.8 Å². The molecular formula is C18H29Cl2N3O. The van der Waals surface area contributed by atoms with Gasteiger partial charge in [0.15, 0.2) is 0 Å². The lowest BCUT2D eigenvalue weighted by atomic mass is 9.92. The summed E-state index contributed by atoms with van der Waals surface area (Å²) in [7, 11) is 3.96. The minimum atomic E-state index is -0.200. The van der Waals surface area contributed by atoms with Crippen LogP contribution in [0.1, 0.15) is 30.0 Å². The minimum absolute atomic E-state index is 0. The van der Waals surface area contributed by atoms with Crippen LogP contribution in [-0.2, 0) is 4.79 Å². The summed E-state index contributed by atoms with van der Waals surface area (Å²) < 4.78 is 0. The SMILES string of the molecule is Cc1cccc(C(C(=O)N2C[C@H]3CC[C@@H](C2)C3N)N(C)C)c1.Cl.Cl. The van der Waals surface area contributed by atoms with Crippen molar-refractivity contribution in [3.05, 3.63) is 35.4 Å². The highest BCUT2D eigenvalue weighted by molar-refractivity contribution is 5.85. The maximum Gasteiger partial charge on any atom is 0.244 e. The van der Waals surface area contributed by atoms with Gasteiger partial charge in [0, 0.05) is 19.1 Å². The molecule has 2 aliphatic rings. The maximum atomic E-state index is 13.1. The number of halogens is 2. The number of hydrogen-bond acceptors (Lipinski definition) is 3. The molecule has 2 unspecified atom stereocenters. The topological polar surface area (TPSA) is 49.6 Å². The standard InChI is InChI=1S/C18H27N3O.2ClH/c1-12-5-4-6-13(9-12)17(20(2)3)18(22)21-10-14-7-8-15(11-21)16(14)19;;/h4-6,9,14-17H,7-8,10-11,19H2,1-3H3;2*1H/t14-,15+,16?,17?;;. The fourth-order valence-electron chi connectivity index (χ4n) is 4.12. The molecule has 0 radical (unpaired) electrons. The number of piperidine rings is 1. The molecular weight excluding hydrogens is 345 g/mol. The first kappa shape index (κ1) is 21.2. The van der Waals surface area contributed by atoms with Gasteiger partial charge < -0.3 is 10.6 Å². The van der Waals surface area contributed by atoms with Crippen LogP contribution in [0, 0.1) is 18.8 Å². The van der Waals surface area contributed by atoms with Crippen LogP contribution in [0.15, 0.2) is 24.3 Å². The fourth-order valence-corrected chi connectivity index (χ4v) is 4.12. The summed E-state index contributed by atoms with van der Waals surface area (Å²) in [5.41, 5.74) is 8.54. The average molecular weight is 374 g/mol. The zero-order valence-corrected chi connectivity index (χ0v) is 16.3. The number of carbonyl (C=O) groups is 1. The van der Waals surface area contributed by atoms with Crippen molar-refractivity contribution in [1.82, 2.24) is 9.80 Å². The number of likely N-dealkylation sites (tertiary alicyclic amines) is 1. The minimum Gasteiger partial charge on any atom is -0.340 e. The second-order valence-electron chi connectivity index (χ2n) is 7.20. The number of aryl methyl sites for hydroxylation is 1. The number of amides is 1. The Morgan fingerprint density at radius 2 is 1.79 bits per heavy atom. The molecule has 4 atom stereocenters. The molecule has 1 aromatic rings. The summed E-state index contributed by atoms with van der Waals surface area (Å²) in [5.74, 6) is 1.20. The van der Waals surface area contributed by atoms with Crippen molar-refractivity contribution in [3.63, 3.8) is 0 Å². The summed E-state index contributed by atoms with van der Waals surface area (Å²) in [6, 6.07) is 8.37. The number of nitrogens with zero attached hydrogens (tertiary/aromatic N) is 2. The van der Waals surface area contributed by atoms with Crippen LogP contribution in [0.2, 0.25) is 0 Å². The van der Waals surface area contributed by atoms with E-state index < -0.39 is 0 Å². The molecule has 1 heterocycles. The van der Waals surface area contributed by atoms with Gasteiger partial charge in [-0.25, -0.2) is 0 Å². The third-order valence-corrected chi connectivity index (χ3v) is 5.33. The van der Waals surface area contributed by atoms with E-state index >= 15 is 0 Å². The van der Waals surface area contributed by atoms with Crippen LogP contribution < -0.4 is 5.73 Å². The summed E-state index contributed by atoms with van der Waals surface area (Å²) in [6.07, 6.45) is 2.35. The molecule has 0 aromatic heterocycles. The van der Waals surface area contributed by atoms with Crippen LogP contribution in [0.4, 0.5) is 0 Å². The second-order valence-corrected chi connectivity index (χ2v) is 7.20. The highest BCUT2D eigenvalue weighted by Gasteiger charge is 2.42. The molecule has 1 saturated carbocycles. The Balaban J connectivity index is 0.00000144. The predicted molar refractivity (Wildman–Crippen MR) is 103 cm³/mol. The number of nitrogens with two attached hydrogens (primary N) is 1. The Morgan fingerprint density at radius 1 is 1.21 bits per heavy atom. The zero-order chi connectivity index (χ0) is 15.9. The second kappa shape index (κ2) is 8.52. The van der Waals surface area contributed by atoms with Gasteiger partial charge in [-0.15, -0.1) is 24.8 Å². The molecule has 2 bridgehead atoms. The smallest absolute Gasteiger partial charge is 0.244 e. The lowest BCUT2D eigenvalue weighted by Crippen LogP contribution is -2.53. The Hall–Kier alpha value is -0.810. The van der Waals surface area contributed by atoms with Crippen molar-refractivity contribution in [3.8, 4) is 0 Å². The monoisotopic (exact) mass is 373 g/mol. The molecule has 1 saturated heterocycles. The first-order chi connectivity index (χ1) is 10.5. The molecule has 2 N–H and O–H groups in total. The van der Waals surface area contributed by atoms with Crippen LogP contribution in [0.3, 0.4) is 0 Å². The van der Waals surface area contributed by atoms with Gasteiger partial charge in [0.05, 0.1) is 0 Å². The van der Waals surface area contributed by atoms with E-state index in [9.17, 15) is 4.79 Å². The Morgan fingerprint density at radius 3 is 2.29 bits per heavy atom. The van der Waals surface area contributed by atoms with Gasteiger partial charge in [-0.05, 0) is 51.3 Å². The number of benzene rings is 1. The lowest BCUT2D eigenvalue weighted by Gasteiger charge is -2.39. The molecule has 136 valence electrons. The number of carbonyl (C=O) groups excluding carboxylic acids is 1. The summed E-state index contributed by atoms with van der Waals surface area (Å²) in [6.45, 7) is 3.72. The Kier molecular flexibility index (Phi) is 7.54. The van der Waals surface area contributed by atoms with E-state index in [0.29, 0.717) is 17.9 Å². The van der Waals surface area contributed by atoms with E-state index in [0.717, 1.165) is 18.7 Å². The molecule has 24 heavy (non-hydrogen) atoms. The predicted octanol–water partition coefficient (Wildman–Crippen LogP) is 2.64. The Labute approximate surface area is 157 Å². The lowest BCUT2D eigenvalue weighted by molar-refractivity contribution is -0.138. The van der Waals surface area contributed by atoms with E-state index in [1.54, 1.807) is 0 Å². The third kappa shape index (κ3) is 4.05. The van der Waals surface area contributed by atoms with Crippen molar-refractivity contribution in [2.45, 2.75) is 31.8 Å². The number of fused-ring (bicyclic) bond motifs is 2. The van der Waals surface area contributed by atoms with Crippen LogP contribution in [0.5, 0.6) is 0 Å². The molecule has 3 rings (SSSR count). The molecule has 1 aliphatic carbocycles. The van der Waals surface area contributed by atoms with Gasteiger partial charge in [0.2, 0.25) is 5.91 Å². The molecule has 2 fully saturated rings. The van der Waals surface area contributed by atoms with E-state index in [2.05, 4.69) is 30.0 Å². The summed E-state index contributed by atoms with van der Waals surface area (Å²) in [5, 5.41) is 0. The molecule has 1 aromatic carbocycles. The first-order valence-electron chi connectivity index (χ1n) is 8.24. The average Bonchev–Trinajstić information content (AvgIpc) is 2.69. The zero-order valence-electron chi connectivity index (χ0n) is 14.6. The largest absolute Gasteiger partial charge is 0.340 e. The highest BCUT2D eigenvalue weighted by Crippen LogP contribution is 2.37. The van der Waals surface area contributed by atoms with Gasteiger partial charge in [-0.2, -0.15) is 0 Å². The quantitative estimate of drug-likeness (QED) is 0.885. The van der Waals surface area contributed by atoms with E-state index in [1.165, 1.54) is 18.4 Å².